The highest BCUT2D eigenvalue weighted by atomic mass is 19.4. The highest BCUT2D eigenvalue weighted by molar-refractivity contribution is 6.03. The second-order valence-corrected chi connectivity index (χ2v) is 6.60. The molecule has 10 heteroatoms. The van der Waals surface area contributed by atoms with Gasteiger partial charge in [-0.05, 0) is 43.7 Å². The molecule has 0 saturated heterocycles. The van der Waals surface area contributed by atoms with Crippen molar-refractivity contribution in [2.75, 3.05) is 5.32 Å². The third-order valence-electron chi connectivity index (χ3n) is 4.48. The standard InChI is InChI=1S/C20H15F3N6O/c1-11-10-15(13-6-3-4-7-14(13)20(21,22)23)28-29-17(12(2)25-18(11)29)19(30)26-16-8-5-9-24-27-16/h3-10H,1-2H3,(H,26,27,30). The van der Waals surface area contributed by atoms with Crippen LogP contribution in [0.3, 0.4) is 0 Å². The highest BCUT2D eigenvalue weighted by Crippen LogP contribution is 2.36. The van der Waals surface area contributed by atoms with Gasteiger partial charge in [-0.15, -0.1) is 5.10 Å². The first-order valence-electron chi connectivity index (χ1n) is 8.88. The number of hydrogen-bond acceptors (Lipinski definition) is 5. The predicted molar refractivity (Wildman–Crippen MR) is 103 cm³/mol. The number of benzene rings is 1. The van der Waals surface area contributed by atoms with Crippen molar-refractivity contribution in [3.8, 4) is 11.3 Å². The number of fused-ring (bicyclic) bond motifs is 1. The van der Waals surface area contributed by atoms with Crippen LogP contribution >= 0.6 is 0 Å². The minimum Gasteiger partial charge on any atom is -0.304 e. The minimum absolute atomic E-state index is 0.0818. The molecule has 3 aromatic heterocycles. The molecule has 30 heavy (non-hydrogen) atoms. The van der Waals surface area contributed by atoms with Crippen LogP contribution < -0.4 is 5.32 Å². The van der Waals surface area contributed by atoms with Gasteiger partial charge >= 0.3 is 6.18 Å². The number of carbonyl (C=O) groups excluding carboxylic acids is 1. The second kappa shape index (κ2) is 7.21. The maximum absolute atomic E-state index is 13.5. The van der Waals surface area contributed by atoms with Gasteiger partial charge in [0.15, 0.2) is 17.2 Å². The second-order valence-electron chi connectivity index (χ2n) is 6.60. The molecule has 7 nitrogen and oxygen atoms in total. The first kappa shape index (κ1) is 19.5. The molecule has 0 spiro atoms. The molecule has 1 amide bonds. The summed E-state index contributed by atoms with van der Waals surface area (Å²) in [7, 11) is 0. The molecular formula is C20H15F3N6O. The number of rotatable bonds is 3. The molecule has 0 aliphatic heterocycles. The first-order valence-corrected chi connectivity index (χ1v) is 8.88. The van der Waals surface area contributed by atoms with Crippen molar-refractivity contribution in [1.82, 2.24) is 24.8 Å². The Hall–Kier alpha value is -3.82. The maximum atomic E-state index is 13.5. The number of alkyl halides is 3. The lowest BCUT2D eigenvalue weighted by Gasteiger charge is -2.13. The quantitative estimate of drug-likeness (QED) is 0.548. The van der Waals surface area contributed by atoms with Gasteiger partial charge in [0.05, 0.1) is 17.0 Å². The third-order valence-corrected chi connectivity index (χ3v) is 4.48. The van der Waals surface area contributed by atoms with E-state index in [2.05, 4.69) is 25.6 Å². The van der Waals surface area contributed by atoms with Crippen LogP contribution in [0.4, 0.5) is 19.0 Å². The number of nitrogens with zero attached hydrogens (tertiary/aromatic N) is 5. The number of imidazole rings is 1. The molecule has 1 aromatic carbocycles. The van der Waals surface area contributed by atoms with E-state index in [9.17, 15) is 18.0 Å². The van der Waals surface area contributed by atoms with Crippen LogP contribution in [-0.2, 0) is 6.18 Å². The van der Waals surface area contributed by atoms with E-state index in [1.807, 2.05) is 0 Å². The smallest absolute Gasteiger partial charge is 0.304 e. The fourth-order valence-electron chi connectivity index (χ4n) is 3.17. The third kappa shape index (κ3) is 3.47. The van der Waals surface area contributed by atoms with Crippen LogP contribution in [0.25, 0.3) is 16.9 Å². The lowest BCUT2D eigenvalue weighted by molar-refractivity contribution is -0.137. The Labute approximate surface area is 168 Å². The van der Waals surface area contributed by atoms with Crippen LogP contribution in [0.5, 0.6) is 0 Å². The summed E-state index contributed by atoms with van der Waals surface area (Å²) in [5, 5.41) is 14.4. The maximum Gasteiger partial charge on any atom is 0.417 e. The van der Waals surface area contributed by atoms with E-state index in [1.54, 1.807) is 26.0 Å². The number of halogens is 3. The van der Waals surface area contributed by atoms with Crippen molar-refractivity contribution < 1.29 is 18.0 Å². The van der Waals surface area contributed by atoms with Crippen molar-refractivity contribution in [3.63, 3.8) is 0 Å². The zero-order valence-electron chi connectivity index (χ0n) is 15.9. The van der Waals surface area contributed by atoms with Gasteiger partial charge in [0.2, 0.25) is 0 Å². The Morgan fingerprint density at radius 1 is 1.10 bits per heavy atom. The van der Waals surface area contributed by atoms with Crippen LogP contribution in [-0.4, -0.2) is 30.7 Å². The van der Waals surface area contributed by atoms with Crippen molar-refractivity contribution in [1.29, 1.82) is 0 Å². The van der Waals surface area contributed by atoms with E-state index < -0.39 is 17.6 Å². The Morgan fingerprint density at radius 2 is 1.87 bits per heavy atom. The molecule has 0 bridgehead atoms. The van der Waals surface area contributed by atoms with Gasteiger partial charge < -0.3 is 5.32 Å². The van der Waals surface area contributed by atoms with Crippen molar-refractivity contribution >= 4 is 17.4 Å². The molecule has 0 saturated carbocycles. The zero-order valence-corrected chi connectivity index (χ0v) is 15.9. The average Bonchev–Trinajstić information content (AvgIpc) is 3.04. The first-order chi connectivity index (χ1) is 14.3. The average molecular weight is 412 g/mol. The molecule has 0 unspecified atom stereocenters. The van der Waals surface area contributed by atoms with Gasteiger partial charge in [0.25, 0.3) is 5.91 Å². The van der Waals surface area contributed by atoms with E-state index >= 15 is 0 Å². The molecule has 0 atom stereocenters. The lowest BCUT2D eigenvalue weighted by Crippen LogP contribution is -2.18. The van der Waals surface area contributed by atoms with Gasteiger partial charge in [0.1, 0.15) is 0 Å². The number of anilines is 1. The van der Waals surface area contributed by atoms with Gasteiger partial charge in [-0.3, -0.25) is 4.79 Å². The summed E-state index contributed by atoms with van der Waals surface area (Å²) in [6.45, 7) is 3.33. The van der Waals surface area contributed by atoms with E-state index in [0.717, 1.165) is 6.07 Å². The summed E-state index contributed by atoms with van der Waals surface area (Å²) in [4.78, 5) is 17.2. The number of aryl methyl sites for hydroxylation is 2. The summed E-state index contributed by atoms with van der Waals surface area (Å²) in [5.74, 6) is -0.319. The van der Waals surface area contributed by atoms with Gasteiger partial charge in [-0.2, -0.15) is 23.4 Å². The largest absolute Gasteiger partial charge is 0.417 e. The Morgan fingerprint density at radius 3 is 2.57 bits per heavy atom. The minimum atomic E-state index is -4.54. The number of aromatic nitrogens is 5. The molecule has 0 aliphatic rings. The van der Waals surface area contributed by atoms with E-state index in [1.165, 1.54) is 35.0 Å². The fourth-order valence-corrected chi connectivity index (χ4v) is 3.17. The van der Waals surface area contributed by atoms with Gasteiger partial charge in [-0.1, -0.05) is 18.2 Å². The summed E-state index contributed by atoms with van der Waals surface area (Å²) in [6.07, 6.45) is -3.08. The Kier molecular flexibility index (Phi) is 4.69. The predicted octanol–water partition coefficient (Wildman–Crippen LogP) is 4.07. The summed E-state index contributed by atoms with van der Waals surface area (Å²) >= 11 is 0. The summed E-state index contributed by atoms with van der Waals surface area (Å²) in [5.41, 5.74) is 0.640. The van der Waals surface area contributed by atoms with E-state index in [4.69, 9.17) is 0 Å². The molecule has 4 rings (SSSR count). The molecule has 0 radical (unpaired) electrons. The zero-order chi connectivity index (χ0) is 21.5. The highest BCUT2D eigenvalue weighted by Gasteiger charge is 2.34. The van der Waals surface area contributed by atoms with Gasteiger partial charge in [-0.25, -0.2) is 9.50 Å². The molecule has 0 aliphatic carbocycles. The van der Waals surface area contributed by atoms with E-state index in [-0.39, 0.29) is 22.8 Å². The fraction of sp³-hybridized carbons (Fsp3) is 0.150. The molecule has 1 N–H and O–H groups in total. The Balaban J connectivity index is 1.87. The summed E-state index contributed by atoms with van der Waals surface area (Å²) < 4.78 is 41.7. The normalized spacial score (nSPS) is 11.6. The molecule has 152 valence electrons. The number of carbonyl (C=O) groups is 1. The SMILES string of the molecule is Cc1nc2c(C)cc(-c3ccccc3C(F)(F)F)nn2c1C(=O)Nc1cccnn1. The van der Waals surface area contributed by atoms with Crippen LogP contribution in [0.2, 0.25) is 0 Å². The van der Waals surface area contributed by atoms with Gasteiger partial charge in [0, 0.05) is 11.8 Å². The number of nitrogens with one attached hydrogen (secondary N) is 1. The molecular weight excluding hydrogens is 397 g/mol. The topological polar surface area (TPSA) is 85.1 Å². The summed E-state index contributed by atoms with van der Waals surface area (Å²) in [6, 6.07) is 9.87. The van der Waals surface area contributed by atoms with Crippen LogP contribution in [0.1, 0.15) is 27.3 Å². The molecule has 0 fully saturated rings. The van der Waals surface area contributed by atoms with Crippen molar-refractivity contribution in [3.05, 3.63) is 71.2 Å². The van der Waals surface area contributed by atoms with Crippen LogP contribution in [0.15, 0.2) is 48.7 Å². The van der Waals surface area contributed by atoms with Crippen molar-refractivity contribution in [2.45, 2.75) is 20.0 Å². The number of hydrogen-bond donors (Lipinski definition) is 1. The molecule has 3 heterocycles. The Bertz CT molecular complexity index is 1250. The van der Waals surface area contributed by atoms with Crippen LogP contribution in [0, 0.1) is 13.8 Å². The van der Waals surface area contributed by atoms with Crippen molar-refractivity contribution in [2.24, 2.45) is 0 Å². The molecule has 4 aromatic rings. The van der Waals surface area contributed by atoms with E-state index in [0.29, 0.717) is 16.9 Å². The lowest BCUT2D eigenvalue weighted by atomic mass is 10.0. The monoisotopic (exact) mass is 412 g/mol. The number of amides is 1.